The summed E-state index contributed by atoms with van der Waals surface area (Å²) in [6.45, 7) is 1.84. The Kier molecular flexibility index (Phi) is 3.62. The number of hydrogen-bond acceptors (Lipinski definition) is 4. The molecule has 1 heterocycles. The van der Waals surface area contributed by atoms with Crippen LogP contribution >= 0.6 is 0 Å². The van der Waals surface area contributed by atoms with E-state index in [1.54, 1.807) is 31.2 Å². The van der Waals surface area contributed by atoms with Gasteiger partial charge < -0.3 is 10.2 Å². The van der Waals surface area contributed by atoms with Crippen molar-refractivity contribution in [2.45, 2.75) is 13.5 Å². The van der Waals surface area contributed by atoms with E-state index in [-0.39, 0.29) is 30.3 Å². The largest absolute Gasteiger partial charge is 0.476 e. The van der Waals surface area contributed by atoms with Gasteiger partial charge in [-0.3, -0.25) is 4.79 Å². The second kappa shape index (κ2) is 5.19. The Hall–Kier alpha value is -2.21. The lowest BCUT2D eigenvalue weighted by Gasteiger charge is -2.11. The molecule has 0 aliphatic heterocycles. The summed E-state index contributed by atoms with van der Waals surface area (Å²) >= 11 is 0. The Bertz CT molecular complexity index is 678. The first-order valence-electron chi connectivity index (χ1n) is 5.88. The molecule has 6 nitrogen and oxygen atoms in total. The maximum Gasteiger partial charge on any atom is 0.357 e. The first kappa shape index (κ1) is 13.2. The van der Waals surface area contributed by atoms with Gasteiger partial charge in [0.25, 0.3) is 5.56 Å². The molecule has 0 amide bonds. The molecule has 19 heavy (non-hydrogen) atoms. The van der Waals surface area contributed by atoms with Gasteiger partial charge >= 0.3 is 5.97 Å². The summed E-state index contributed by atoms with van der Waals surface area (Å²) in [5.74, 6) is -1.35. The molecule has 6 heteroatoms. The second-order valence-corrected chi connectivity index (χ2v) is 4.47. The number of fused-ring (bicyclic) bond motifs is 1. The van der Waals surface area contributed by atoms with E-state index in [9.17, 15) is 9.59 Å². The first-order valence-corrected chi connectivity index (χ1v) is 5.88. The summed E-state index contributed by atoms with van der Waals surface area (Å²) in [5, 5.41) is 22.7. The number of aliphatic hydroxyl groups is 1. The maximum atomic E-state index is 12.2. The average Bonchev–Trinajstić information content (AvgIpc) is 2.41. The van der Waals surface area contributed by atoms with Crippen LogP contribution in [0.2, 0.25) is 0 Å². The van der Waals surface area contributed by atoms with Crippen LogP contribution in [0.15, 0.2) is 29.1 Å². The van der Waals surface area contributed by atoms with E-state index >= 15 is 0 Å². The van der Waals surface area contributed by atoms with E-state index < -0.39 is 5.97 Å². The van der Waals surface area contributed by atoms with Crippen molar-refractivity contribution in [3.8, 4) is 0 Å². The van der Waals surface area contributed by atoms with Crippen LogP contribution in [-0.2, 0) is 6.54 Å². The highest BCUT2D eigenvalue weighted by molar-refractivity contribution is 6.01. The van der Waals surface area contributed by atoms with Crippen molar-refractivity contribution >= 4 is 16.7 Å². The average molecular weight is 262 g/mol. The number of carbonyl (C=O) groups is 1. The zero-order valence-electron chi connectivity index (χ0n) is 10.4. The van der Waals surface area contributed by atoms with E-state index in [1.165, 1.54) is 0 Å². The minimum absolute atomic E-state index is 0.0939. The van der Waals surface area contributed by atoms with Gasteiger partial charge in [-0.15, -0.1) is 0 Å². The van der Waals surface area contributed by atoms with Crippen molar-refractivity contribution < 1.29 is 15.0 Å². The minimum Gasteiger partial charge on any atom is -0.476 e. The number of rotatable bonds is 4. The van der Waals surface area contributed by atoms with Crippen molar-refractivity contribution in [3.63, 3.8) is 0 Å². The zero-order valence-corrected chi connectivity index (χ0v) is 10.4. The first-order chi connectivity index (χ1) is 9.04. The van der Waals surface area contributed by atoms with Gasteiger partial charge in [0.05, 0.1) is 5.39 Å². The van der Waals surface area contributed by atoms with Crippen LogP contribution in [0, 0.1) is 5.92 Å². The van der Waals surface area contributed by atoms with Crippen molar-refractivity contribution in [1.82, 2.24) is 9.78 Å². The predicted molar refractivity (Wildman–Crippen MR) is 69.2 cm³/mol. The molecule has 2 N–H and O–H groups in total. The van der Waals surface area contributed by atoms with Gasteiger partial charge in [-0.2, -0.15) is 5.10 Å². The van der Waals surface area contributed by atoms with Gasteiger partial charge in [-0.25, -0.2) is 9.48 Å². The molecular formula is C13H14N2O4. The van der Waals surface area contributed by atoms with Crippen LogP contribution < -0.4 is 5.56 Å². The SMILES string of the molecule is CC(CO)Cn1nc(C(=O)O)c2ccccc2c1=O. The number of nitrogens with zero attached hydrogens (tertiary/aromatic N) is 2. The molecule has 0 aliphatic carbocycles. The second-order valence-electron chi connectivity index (χ2n) is 4.47. The third kappa shape index (κ3) is 2.48. The fourth-order valence-corrected chi connectivity index (χ4v) is 1.87. The molecular weight excluding hydrogens is 248 g/mol. The number of benzene rings is 1. The molecule has 1 atom stereocenters. The van der Waals surface area contributed by atoms with Crippen molar-refractivity contribution in [2.24, 2.45) is 5.92 Å². The van der Waals surface area contributed by atoms with E-state index in [4.69, 9.17) is 10.2 Å². The molecule has 0 saturated heterocycles. The summed E-state index contributed by atoms with van der Waals surface area (Å²) in [4.78, 5) is 23.4. The van der Waals surface area contributed by atoms with Crippen molar-refractivity contribution in [2.75, 3.05) is 6.61 Å². The van der Waals surface area contributed by atoms with Crippen molar-refractivity contribution in [1.29, 1.82) is 0 Å². The molecule has 2 rings (SSSR count). The highest BCUT2D eigenvalue weighted by Gasteiger charge is 2.16. The van der Waals surface area contributed by atoms with Gasteiger partial charge in [-0.1, -0.05) is 25.1 Å². The van der Waals surface area contributed by atoms with Crippen LogP contribution in [0.1, 0.15) is 17.4 Å². The molecule has 0 spiro atoms. The molecule has 1 unspecified atom stereocenters. The fraction of sp³-hybridized carbons (Fsp3) is 0.308. The van der Waals surface area contributed by atoms with Crippen LogP contribution in [0.3, 0.4) is 0 Å². The Labute approximate surface area is 108 Å². The lowest BCUT2D eigenvalue weighted by molar-refractivity contribution is 0.0689. The third-order valence-electron chi connectivity index (χ3n) is 2.87. The fourth-order valence-electron chi connectivity index (χ4n) is 1.87. The molecule has 0 bridgehead atoms. The summed E-state index contributed by atoms with van der Waals surface area (Å²) in [7, 11) is 0. The van der Waals surface area contributed by atoms with E-state index in [0.29, 0.717) is 10.8 Å². The number of aromatic carboxylic acids is 1. The number of aliphatic hydroxyl groups excluding tert-OH is 1. The maximum absolute atomic E-state index is 12.2. The standard InChI is InChI=1S/C13H14N2O4/c1-8(7-16)6-15-12(17)10-5-3-2-4-9(10)11(14-15)13(18)19/h2-5,8,16H,6-7H2,1H3,(H,18,19). The lowest BCUT2D eigenvalue weighted by Crippen LogP contribution is -2.29. The van der Waals surface area contributed by atoms with Gasteiger partial charge in [-0.05, 0) is 12.0 Å². The summed E-state index contributed by atoms with van der Waals surface area (Å²) in [6.07, 6.45) is 0. The zero-order chi connectivity index (χ0) is 14.0. The minimum atomic E-state index is -1.18. The van der Waals surface area contributed by atoms with E-state index in [1.807, 2.05) is 0 Å². The van der Waals surface area contributed by atoms with Crippen LogP contribution in [-0.4, -0.2) is 32.6 Å². The quantitative estimate of drug-likeness (QED) is 0.847. The topological polar surface area (TPSA) is 92.4 Å². The highest BCUT2D eigenvalue weighted by Crippen LogP contribution is 2.13. The highest BCUT2D eigenvalue weighted by atomic mass is 16.4. The van der Waals surface area contributed by atoms with E-state index in [0.717, 1.165) is 4.68 Å². The Morgan fingerprint density at radius 1 is 1.37 bits per heavy atom. The molecule has 0 radical (unpaired) electrons. The molecule has 2 aromatic rings. The van der Waals surface area contributed by atoms with Crippen molar-refractivity contribution in [3.05, 3.63) is 40.3 Å². The summed E-state index contributed by atoms with van der Waals surface area (Å²) in [5.41, 5.74) is -0.499. The van der Waals surface area contributed by atoms with Gasteiger partial charge in [0.1, 0.15) is 0 Å². The monoisotopic (exact) mass is 262 g/mol. The van der Waals surface area contributed by atoms with E-state index in [2.05, 4.69) is 5.10 Å². The predicted octanol–water partition coefficient (Wildman–Crippen LogP) is 0.723. The van der Waals surface area contributed by atoms with Crippen LogP contribution in [0.4, 0.5) is 0 Å². The number of carboxylic acid groups (broad SMARTS) is 1. The molecule has 0 fully saturated rings. The molecule has 0 aliphatic rings. The Balaban J connectivity index is 2.70. The summed E-state index contributed by atoms with van der Waals surface area (Å²) < 4.78 is 1.10. The van der Waals surface area contributed by atoms with Gasteiger partial charge in [0.15, 0.2) is 5.69 Å². The molecule has 1 aromatic carbocycles. The molecule has 100 valence electrons. The number of carboxylic acids is 1. The molecule has 1 aromatic heterocycles. The normalized spacial score (nSPS) is 12.5. The van der Waals surface area contributed by atoms with Gasteiger partial charge in [0, 0.05) is 18.5 Å². The Morgan fingerprint density at radius 3 is 2.58 bits per heavy atom. The van der Waals surface area contributed by atoms with Crippen LogP contribution in [0.25, 0.3) is 10.8 Å². The lowest BCUT2D eigenvalue weighted by atomic mass is 10.1. The number of hydrogen-bond donors (Lipinski definition) is 2. The van der Waals surface area contributed by atoms with Gasteiger partial charge in [0.2, 0.25) is 0 Å². The summed E-state index contributed by atoms with van der Waals surface area (Å²) in [6, 6.07) is 6.48. The Morgan fingerprint density at radius 2 is 2.00 bits per heavy atom. The number of aromatic nitrogens is 2. The third-order valence-corrected chi connectivity index (χ3v) is 2.87. The van der Waals surface area contributed by atoms with Crippen LogP contribution in [0.5, 0.6) is 0 Å². The smallest absolute Gasteiger partial charge is 0.357 e. The molecule has 0 saturated carbocycles.